The minimum Gasteiger partial charge on any atom is -0.344 e. The first-order valence-electron chi connectivity index (χ1n) is 16.5. The topological polar surface area (TPSA) is 6.25 Å². The van der Waals surface area contributed by atoms with Crippen LogP contribution < -0.4 is 4.90 Å². The predicted octanol–water partition coefficient (Wildman–Crippen LogP) is 10.5. The number of benzene rings is 3. The lowest BCUT2D eigenvalue weighted by Gasteiger charge is -2.26. The van der Waals surface area contributed by atoms with E-state index < -0.39 is 0 Å². The van der Waals surface area contributed by atoms with Gasteiger partial charge in [-0.3, -0.25) is 0 Å². The first-order valence-corrected chi connectivity index (χ1v) is 16.5. The second-order valence-corrected chi connectivity index (χ2v) is 13.2. The van der Waals surface area contributed by atoms with Gasteiger partial charge in [-0.15, -0.1) is 0 Å². The standard InChI is InChI=1S/C42H47N2/c1-7-43-36-27-14-12-25-34(36)41(3,4)38(43)29-17-23-32-21-16-22-33(40(32)31-19-10-9-11-20-31)24-18-30-39-42(5,6)35-26-13-15-28-37(35)44(39)8-2/h9-15,17-20,23-30H,7-8,16,21-22H2,1-6H3/q+1. The van der Waals surface area contributed by atoms with Crippen LogP contribution in [0.5, 0.6) is 0 Å². The molecular formula is C42H47N2+. The molecule has 224 valence electrons. The summed E-state index contributed by atoms with van der Waals surface area (Å²) in [6.45, 7) is 15.8. The minimum atomic E-state index is -0.0201. The number of allylic oxidation sites excluding steroid dienone is 10. The molecule has 2 aliphatic heterocycles. The number of rotatable bonds is 7. The van der Waals surface area contributed by atoms with Gasteiger partial charge in [0.2, 0.25) is 5.69 Å². The van der Waals surface area contributed by atoms with Crippen LogP contribution in [0.3, 0.4) is 0 Å². The molecule has 0 bridgehead atoms. The predicted molar refractivity (Wildman–Crippen MR) is 189 cm³/mol. The third kappa shape index (κ3) is 5.15. The van der Waals surface area contributed by atoms with Crippen LogP contribution in [0.2, 0.25) is 0 Å². The third-order valence-electron chi connectivity index (χ3n) is 9.93. The van der Waals surface area contributed by atoms with Gasteiger partial charge in [0.1, 0.15) is 6.54 Å². The van der Waals surface area contributed by atoms with Crippen LogP contribution in [0.4, 0.5) is 11.4 Å². The van der Waals surface area contributed by atoms with Crippen molar-refractivity contribution in [2.75, 3.05) is 18.0 Å². The van der Waals surface area contributed by atoms with E-state index in [0.717, 1.165) is 25.9 Å². The van der Waals surface area contributed by atoms with E-state index in [1.807, 2.05) is 0 Å². The Kier molecular flexibility index (Phi) is 8.20. The molecule has 3 aromatic carbocycles. The number of para-hydroxylation sites is 2. The summed E-state index contributed by atoms with van der Waals surface area (Å²) in [4.78, 5) is 2.48. The normalized spacial score (nSPS) is 20.9. The van der Waals surface area contributed by atoms with Gasteiger partial charge in [-0.2, -0.15) is 4.58 Å². The summed E-state index contributed by atoms with van der Waals surface area (Å²) in [5, 5.41) is 0. The summed E-state index contributed by atoms with van der Waals surface area (Å²) < 4.78 is 2.48. The van der Waals surface area contributed by atoms with Gasteiger partial charge in [-0.25, -0.2) is 0 Å². The Bertz CT molecular complexity index is 1740. The fourth-order valence-corrected chi connectivity index (χ4v) is 7.71. The van der Waals surface area contributed by atoms with Gasteiger partial charge in [0, 0.05) is 41.1 Å². The lowest BCUT2D eigenvalue weighted by atomic mass is 9.81. The summed E-state index contributed by atoms with van der Waals surface area (Å²) >= 11 is 0. The van der Waals surface area contributed by atoms with Crippen molar-refractivity contribution < 1.29 is 4.58 Å². The van der Waals surface area contributed by atoms with E-state index >= 15 is 0 Å². The molecule has 0 radical (unpaired) electrons. The fraction of sp³-hybridized carbons (Fsp3) is 0.310. The van der Waals surface area contributed by atoms with Crippen molar-refractivity contribution >= 4 is 22.7 Å². The quantitative estimate of drug-likeness (QED) is 0.252. The van der Waals surface area contributed by atoms with Crippen molar-refractivity contribution in [1.82, 2.24) is 0 Å². The van der Waals surface area contributed by atoms with Gasteiger partial charge < -0.3 is 4.90 Å². The Hall–Kier alpha value is -4.17. The minimum absolute atomic E-state index is 0.0201. The van der Waals surface area contributed by atoms with E-state index in [4.69, 9.17) is 0 Å². The van der Waals surface area contributed by atoms with Crippen molar-refractivity contribution in [2.45, 2.75) is 71.6 Å². The number of anilines is 1. The average molecular weight is 580 g/mol. The highest BCUT2D eigenvalue weighted by molar-refractivity contribution is 6.03. The van der Waals surface area contributed by atoms with Crippen molar-refractivity contribution in [3.63, 3.8) is 0 Å². The third-order valence-corrected chi connectivity index (χ3v) is 9.93. The molecule has 0 saturated carbocycles. The Labute approximate surface area is 265 Å². The van der Waals surface area contributed by atoms with Crippen LogP contribution in [-0.2, 0) is 10.8 Å². The van der Waals surface area contributed by atoms with E-state index in [2.05, 4.69) is 166 Å². The average Bonchev–Trinajstić information content (AvgIpc) is 3.40. The zero-order chi connectivity index (χ0) is 30.9. The van der Waals surface area contributed by atoms with Crippen LogP contribution in [0.25, 0.3) is 5.57 Å². The maximum atomic E-state index is 2.48. The molecule has 3 aromatic rings. The molecule has 2 heterocycles. The van der Waals surface area contributed by atoms with Gasteiger partial charge >= 0.3 is 0 Å². The number of hydrogen-bond acceptors (Lipinski definition) is 1. The summed E-state index contributed by atoms with van der Waals surface area (Å²) in [6.07, 6.45) is 17.4. The molecule has 44 heavy (non-hydrogen) atoms. The molecule has 0 fully saturated rings. The van der Waals surface area contributed by atoms with Crippen LogP contribution in [0, 0.1) is 0 Å². The van der Waals surface area contributed by atoms with Crippen molar-refractivity contribution in [1.29, 1.82) is 0 Å². The molecule has 0 atom stereocenters. The number of likely N-dealkylation sites (N-methyl/N-ethyl adjacent to an activating group) is 1. The molecule has 2 heteroatoms. The van der Waals surface area contributed by atoms with Crippen LogP contribution >= 0.6 is 0 Å². The highest BCUT2D eigenvalue weighted by atomic mass is 15.2. The lowest BCUT2D eigenvalue weighted by Crippen LogP contribution is -2.27. The second-order valence-electron chi connectivity index (χ2n) is 13.2. The first kappa shape index (κ1) is 29.9. The molecule has 0 saturated heterocycles. The Morgan fingerprint density at radius 2 is 1.41 bits per heavy atom. The van der Waals surface area contributed by atoms with Gasteiger partial charge in [0.05, 0.1) is 5.41 Å². The van der Waals surface area contributed by atoms with Crippen molar-refractivity contribution in [3.05, 3.63) is 149 Å². The summed E-state index contributed by atoms with van der Waals surface area (Å²) in [6, 6.07) is 28.7. The zero-order valence-corrected chi connectivity index (χ0v) is 27.4. The highest BCUT2D eigenvalue weighted by Crippen LogP contribution is 2.47. The fourth-order valence-electron chi connectivity index (χ4n) is 7.71. The van der Waals surface area contributed by atoms with E-state index in [1.165, 1.54) is 62.6 Å². The molecule has 3 aliphatic rings. The van der Waals surface area contributed by atoms with Crippen molar-refractivity contribution in [2.24, 2.45) is 0 Å². The summed E-state index contributed by atoms with van der Waals surface area (Å²) in [5.74, 6) is 0. The Morgan fingerprint density at radius 3 is 2.16 bits per heavy atom. The lowest BCUT2D eigenvalue weighted by molar-refractivity contribution is -0.433. The smallest absolute Gasteiger partial charge is 0.209 e. The van der Waals surface area contributed by atoms with Gasteiger partial charge in [-0.1, -0.05) is 105 Å². The SMILES string of the molecule is CCN1C(=CC=CC2=C(c3ccccc3)C(=CC=CC3=[N+](CC)c4ccccc4C3(C)C)CCC2)C(C)(C)c2ccccc21. The molecule has 2 nitrogen and oxygen atoms in total. The number of nitrogens with zero attached hydrogens (tertiary/aromatic N) is 2. The molecule has 0 N–H and O–H groups in total. The largest absolute Gasteiger partial charge is 0.344 e. The van der Waals surface area contributed by atoms with Crippen LogP contribution in [0.15, 0.2) is 132 Å². The Balaban J connectivity index is 1.37. The van der Waals surface area contributed by atoms with Crippen LogP contribution in [-0.4, -0.2) is 23.4 Å². The van der Waals surface area contributed by atoms with Gasteiger partial charge in [0.15, 0.2) is 5.71 Å². The molecule has 0 aromatic heterocycles. The monoisotopic (exact) mass is 579 g/mol. The highest BCUT2D eigenvalue weighted by Gasteiger charge is 2.43. The molecule has 1 aliphatic carbocycles. The van der Waals surface area contributed by atoms with Gasteiger partial charge in [0.25, 0.3) is 0 Å². The molecule has 6 rings (SSSR count). The zero-order valence-electron chi connectivity index (χ0n) is 27.4. The van der Waals surface area contributed by atoms with E-state index in [9.17, 15) is 0 Å². The molecule has 0 amide bonds. The number of hydrogen-bond donors (Lipinski definition) is 0. The number of fused-ring (bicyclic) bond motifs is 2. The summed E-state index contributed by atoms with van der Waals surface area (Å²) in [5.41, 5.74) is 13.7. The molecule has 0 spiro atoms. The van der Waals surface area contributed by atoms with E-state index in [-0.39, 0.29) is 10.8 Å². The Morgan fingerprint density at radius 1 is 0.727 bits per heavy atom. The second kappa shape index (κ2) is 12.1. The van der Waals surface area contributed by atoms with Crippen molar-refractivity contribution in [3.8, 4) is 0 Å². The van der Waals surface area contributed by atoms with E-state index in [1.54, 1.807) is 0 Å². The van der Waals surface area contributed by atoms with Gasteiger partial charge in [-0.05, 0) is 86.9 Å². The first-order chi connectivity index (χ1) is 21.3. The maximum Gasteiger partial charge on any atom is 0.209 e. The summed E-state index contributed by atoms with van der Waals surface area (Å²) in [7, 11) is 0. The maximum absolute atomic E-state index is 2.48. The van der Waals surface area contributed by atoms with Crippen LogP contribution in [0.1, 0.15) is 77.5 Å². The van der Waals surface area contributed by atoms with E-state index in [0.29, 0.717) is 0 Å². The molecular weight excluding hydrogens is 532 g/mol. The molecule has 0 unspecified atom stereocenters.